The lowest BCUT2D eigenvalue weighted by atomic mass is 10.0. The van der Waals surface area contributed by atoms with E-state index in [1.54, 1.807) is 12.1 Å². The van der Waals surface area contributed by atoms with Crippen LogP contribution in [0.4, 0.5) is 14.9 Å². The fraction of sp³-hybridized carbons (Fsp3) is 0.107. The monoisotopic (exact) mass is 550 g/mol. The highest BCUT2D eigenvalue weighted by Gasteiger charge is 2.37. The minimum atomic E-state index is -4.23. The zero-order valence-electron chi connectivity index (χ0n) is 20.9. The van der Waals surface area contributed by atoms with Crippen LogP contribution in [0, 0.1) is 12.7 Å². The minimum absolute atomic E-state index is 0.0204. The van der Waals surface area contributed by atoms with Crippen LogP contribution < -0.4 is 19.1 Å². The molecule has 1 N–H and O–H groups in total. The van der Waals surface area contributed by atoms with Gasteiger partial charge >= 0.3 is 16.1 Å². The van der Waals surface area contributed by atoms with Gasteiger partial charge in [-0.05, 0) is 73.5 Å². The molecule has 0 saturated carbocycles. The molecule has 4 rings (SSSR count). The number of amides is 4. The zero-order valence-corrected chi connectivity index (χ0v) is 21.8. The molecule has 3 aromatic carbocycles. The predicted octanol–water partition coefficient (Wildman–Crippen LogP) is 4.31. The summed E-state index contributed by atoms with van der Waals surface area (Å²) in [5.41, 5.74) is 1.19. The predicted molar refractivity (Wildman–Crippen MR) is 141 cm³/mol. The number of carbonyl (C=O) groups is 3. The number of urea groups is 1. The highest BCUT2D eigenvalue weighted by Crippen LogP contribution is 2.37. The van der Waals surface area contributed by atoms with Gasteiger partial charge in [0.25, 0.3) is 11.8 Å². The Kier molecular flexibility index (Phi) is 7.63. The van der Waals surface area contributed by atoms with Crippen molar-refractivity contribution in [2.24, 2.45) is 0 Å². The largest absolute Gasteiger partial charge is 0.493 e. The molecular weight excluding hydrogens is 527 g/mol. The molecule has 1 heterocycles. The number of nitrogens with one attached hydrogen (secondary N) is 1. The van der Waals surface area contributed by atoms with E-state index >= 15 is 0 Å². The Morgan fingerprint density at radius 3 is 2.31 bits per heavy atom. The van der Waals surface area contributed by atoms with Gasteiger partial charge in [0.1, 0.15) is 16.3 Å². The normalized spacial score (nSPS) is 14.8. The molecule has 1 fully saturated rings. The zero-order chi connectivity index (χ0) is 28.3. The SMILES string of the molecule is C=CCc1cc(/C=C2\C(=O)NC(=O)N(c3ccc(F)cc3)C2=O)cc(OC)c1OS(=O)(=O)c1ccc(C)cc1. The summed E-state index contributed by atoms with van der Waals surface area (Å²) in [6.07, 6.45) is 2.91. The van der Waals surface area contributed by atoms with Crippen molar-refractivity contribution in [3.63, 3.8) is 0 Å². The van der Waals surface area contributed by atoms with Crippen molar-refractivity contribution in [3.05, 3.63) is 101 Å². The average molecular weight is 551 g/mol. The summed E-state index contributed by atoms with van der Waals surface area (Å²) in [6.45, 7) is 5.52. The Morgan fingerprint density at radius 1 is 1.03 bits per heavy atom. The summed E-state index contributed by atoms with van der Waals surface area (Å²) in [6, 6.07) is 12.6. The quantitative estimate of drug-likeness (QED) is 0.192. The number of barbiturate groups is 1. The van der Waals surface area contributed by atoms with Gasteiger partial charge in [-0.2, -0.15) is 8.42 Å². The highest BCUT2D eigenvalue weighted by atomic mass is 32.2. The molecule has 39 heavy (non-hydrogen) atoms. The number of hydrogen-bond donors (Lipinski definition) is 1. The first-order valence-electron chi connectivity index (χ1n) is 11.5. The molecule has 1 saturated heterocycles. The van der Waals surface area contributed by atoms with Gasteiger partial charge in [0.15, 0.2) is 11.5 Å². The number of allylic oxidation sites excluding steroid dienone is 1. The fourth-order valence-corrected chi connectivity index (χ4v) is 4.81. The van der Waals surface area contributed by atoms with E-state index in [0.717, 1.165) is 17.7 Å². The van der Waals surface area contributed by atoms with Gasteiger partial charge in [0.05, 0.1) is 12.8 Å². The van der Waals surface area contributed by atoms with Crippen molar-refractivity contribution in [2.75, 3.05) is 12.0 Å². The van der Waals surface area contributed by atoms with Crippen LogP contribution in [0.15, 0.2) is 83.8 Å². The molecule has 0 unspecified atom stereocenters. The van der Waals surface area contributed by atoms with Crippen molar-refractivity contribution in [2.45, 2.75) is 18.2 Å². The number of imide groups is 2. The second-order valence-corrected chi connectivity index (χ2v) is 10.0. The van der Waals surface area contributed by atoms with Crippen LogP contribution >= 0.6 is 0 Å². The Morgan fingerprint density at radius 2 is 1.69 bits per heavy atom. The van der Waals surface area contributed by atoms with E-state index in [1.165, 1.54) is 55.7 Å². The van der Waals surface area contributed by atoms with E-state index in [1.807, 2.05) is 6.92 Å². The molecule has 0 aromatic heterocycles. The lowest BCUT2D eigenvalue weighted by Crippen LogP contribution is -2.54. The molecule has 1 aliphatic heterocycles. The van der Waals surface area contributed by atoms with Crippen LogP contribution in [-0.2, 0) is 26.1 Å². The molecule has 0 atom stereocenters. The maximum Gasteiger partial charge on any atom is 0.339 e. The summed E-state index contributed by atoms with van der Waals surface area (Å²) in [5, 5.41) is 2.09. The first kappa shape index (κ1) is 27.3. The van der Waals surface area contributed by atoms with E-state index in [-0.39, 0.29) is 39.6 Å². The van der Waals surface area contributed by atoms with Crippen LogP contribution in [0.25, 0.3) is 6.08 Å². The van der Waals surface area contributed by atoms with Gasteiger partial charge in [-0.1, -0.05) is 23.8 Å². The maximum atomic E-state index is 13.4. The van der Waals surface area contributed by atoms with E-state index in [4.69, 9.17) is 8.92 Å². The van der Waals surface area contributed by atoms with Crippen LogP contribution in [0.5, 0.6) is 11.5 Å². The molecule has 3 aromatic rings. The third-order valence-electron chi connectivity index (χ3n) is 5.74. The first-order valence-corrected chi connectivity index (χ1v) is 12.9. The van der Waals surface area contributed by atoms with Gasteiger partial charge in [-0.25, -0.2) is 14.1 Å². The smallest absolute Gasteiger partial charge is 0.339 e. The number of halogens is 1. The van der Waals surface area contributed by atoms with Crippen molar-refractivity contribution < 1.29 is 36.1 Å². The van der Waals surface area contributed by atoms with Crippen molar-refractivity contribution in [1.29, 1.82) is 0 Å². The molecule has 0 radical (unpaired) electrons. The molecule has 200 valence electrons. The second kappa shape index (κ2) is 10.9. The Hall–Kier alpha value is -4.77. The average Bonchev–Trinajstić information content (AvgIpc) is 2.89. The van der Waals surface area contributed by atoms with Crippen LogP contribution in [-0.4, -0.2) is 33.4 Å². The first-order chi connectivity index (χ1) is 18.5. The summed E-state index contributed by atoms with van der Waals surface area (Å²) >= 11 is 0. The van der Waals surface area contributed by atoms with E-state index in [2.05, 4.69) is 11.9 Å². The fourth-order valence-electron chi connectivity index (χ4n) is 3.83. The van der Waals surface area contributed by atoms with E-state index in [9.17, 15) is 27.2 Å². The lowest BCUT2D eigenvalue weighted by molar-refractivity contribution is -0.122. The number of carbonyl (C=O) groups excluding carboxylic acids is 3. The van der Waals surface area contributed by atoms with Crippen molar-refractivity contribution in [1.82, 2.24) is 5.32 Å². The number of methoxy groups -OCH3 is 1. The van der Waals surface area contributed by atoms with Crippen molar-refractivity contribution in [3.8, 4) is 11.5 Å². The third kappa shape index (κ3) is 5.73. The molecule has 1 aliphatic rings. The highest BCUT2D eigenvalue weighted by molar-refractivity contribution is 7.87. The topological polar surface area (TPSA) is 119 Å². The summed E-state index contributed by atoms with van der Waals surface area (Å²) in [7, 11) is -2.92. The number of anilines is 1. The summed E-state index contributed by atoms with van der Waals surface area (Å²) in [5.74, 6) is -2.49. The van der Waals surface area contributed by atoms with Crippen molar-refractivity contribution >= 4 is 39.7 Å². The molecule has 4 amide bonds. The molecule has 0 bridgehead atoms. The van der Waals surface area contributed by atoms with Crippen LogP contribution in [0.2, 0.25) is 0 Å². The maximum absolute atomic E-state index is 13.4. The van der Waals surface area contributed by atoms with Gasteiger partial charge in [-0.15, -0.1) is 6.58 Å². The number of aryl methyl sites for hydroxylation is 1. The number of hydrogen-bond acceptors (Lipinski definition) is 7. The van der Waals surface area contributed by atoms with Crippen LogP contribution in [0.3, 0.4) is 0 Å². The standard InChI is InChI=1S/C28H23FN2O7S/c1-4-5-19-14-18(16-24(37-3)25(19)38-39(35,36)22-12-6-17(2)7-13-22)15-23-26(32)30-28(34)31(27(23)33)21-10-8-20(29)9-11-21/h4,6-16H,1,5H2,2-3H3,(H,30,32,34)/b23-15+. The summed E-state index contributed by atoms with van der Waals surface area (Å²) < 4.78 is 50.2. The van der Waals surface area contributed by atoms with Gasteiger partial charge < -0.3 is 8.92 Å². The third-order valence-corrected chi connectivity index (χ3v) is 6.97. The summed E-state index contributed by atoms with van der Waals surface area (Å²) in [4.78, 5) is 38.8. The molecule has 0 aliphatic carbocycles. The van der Waals surface area contributed by atoms with Gasteiger partial charge in [-0.3, -0.25) is 14.9 Å². The molecule has 9 nitrogen and oxygen atoms in total. The van der Waals surface area contributed by atoms with Gasteiger partial charge in [0.2, 0.25) is 0 Å². The number of rotatable bonds is 8. The van der Waals surface area contributed by atoms with E-state index in [0.29, 0.717) is 10.5 Å². The number of ether oxygens (including phenoxy) is 1. The van der Waals surface area contributed by atoms with E-state index < -0.39 is 33.8 Å². The number of nitrogens with zero attached hydrogens (tertiary/aromatic N) is 1. The number of benzene rings is 3. The lowest BCUT2D eigenvalue weighted by Gasteiger charge is -2.26. The second-order valence-electron chi connectivity index (χ2n) is 8.49. The Balaban J connectivity index is 1.76. The Bertz CT molecular complexity index is 1610. The van der Waals surface area contributed by atoms with Crippen LogP contribution in [0.1, 0.15) is 16.7 Å². The minimum Gasteiger partial charge on any atom is -0.493 e. The van der Waals surface area contributed by atoms with Gasteiger partial charge in [0, 0.05) is 5.56 Å². The Labute approximate surface area is 224 Å². The molecule has 11 heteroatoms. The molecular formula is C28H23FN2O7S. The molecule has 0 spiro atoms.